The molecule has 2 aliphatic rings. The molecule has 1 saturated carbocycles. The van der Waals surface area contributed by atoms with E-state index in [1.165, 1.54) is 57.3 Å². The highest BCUT2D eigenvalue weighted by Gasteiger charge is 2.35. The van der Waals surface area contributed by atoms with E-state index >= 15 is 0 Å². The molecular weight excluding hydrogens is 228 g/mol. The maximum Gasteiger partial charge on any atom is 0.0309 e. The van der Waals surface area contributed by atoms with Gasteiger partial charge in [-0.1, -0.05) is 19.3 Å². The first kappa shape index (κ1) is 11.7. The zero-order chi connectivity index (χ0) is 11.6. The molecule has 94 valence electrons. The largest absolute Gasteiger partial charge is 0.309 e. The summed E-state index contributed by atoms with van der Waals surface area (Å²) in [6.45, 7) is 4.78. The number of hydrogen-bond acceptors (Lipinski definition) is 3. The smallest absolute Gasteiger partial charge is 0.0309 e. The summed E-state index contributed by atoms with van der Waals surface area (Å²) in [6.07, 6.45) is 7.03. The fraction of sp³-hybridized carbons (Fsp3) is 0.714. The first-order chi connectivity index (χ1) is 8.36. The highest BCUT2D eigenvalue weighted by molar-refractivity contribution is 7.07. The van der Waals surface area contributed by atoms with Gasteiger partial charge >= 0.3 is 0 Å². The van der Waals surface area contributed by atoms with Crippen molar-refractivity contribution in [2.24, 2.45) is 0 Å². The van der Waals surface area contributed by atoms with Crippen molar-refractivity contribution >= 4 is 11.3 Å². The van der Waals surface area contributed by atoms with Crippen molar-refractivity contribution in [1.29, 1.82) is 0 Å². The Labute approximate surface area is 108 Å². The summed E-state index contributed by atoms with van der Waals surface area (Å²) in [5.41, 5.74) is 1.94. The maximum atomic E-state index is 3.80. The van der Waals surface area contributed by atoms with E-state index in [0.717, 1.165) is 6.54 Å². The zero-order valence-corrected chi connectivity index (χ0v) is 11.3. The van der Waals surface area contributed by atoms with Gasteiger partial charge in [-0.3, -0.25) is 4.90 Å². The van der Waals surface area contributed by atoms with Crippen LogP contribution < -0.4 is 5.32 Å². The predicted molar refractivity (Wildman–Crippen MR) is 73.4 cm³/mol. The molecule has 2 fully saturated rings. The van der Waals surface area contributed by atoms with Crippen molar-refractivity contribution in [3.8, 4) is 0 Å². The van der Waals surface area contributed by atoms with E-state index in [2.05, 4.69) is 27.0 Å². The number of rotatable bonds is 2. The van der Waals surface area contributed by atoms with Crippen LogP contribution in [0.2, 0.25) is 0 Å². The third kappa shape index (κ3) is 2.72. The predicted octanol–water partition coefficient (Wildman–Crippen LogP) is 2.86. The molecule has 1 aliphatic carbocycles. The van der Waals surface area contributed by atoms with Gasteiger partial charge in [-0.2, -0.15) is 11.3 Å². The molecule has 0 radical (unpaired) electrons. The Balaban J connectivity index is 1.62. The molecule has 0 bridgehead atoms. The van der Waals surface area contributed by atoms with Crippen molar-refractivity contribution in [3.05, 3.63) is 22.4 Å². The van der Waals surface area contributed by atoms with Crippen molar-refractivity contribution in [2.45, 2.75) is 44.2 Å². The molecule has 1 spiro atoms. The van der Waals surface area contributed by atoms with Crippen LogP contribution in [0.1, 0.15) is 37.7 Å². The maximum absolute atomic E-state index is 3.80. The number of thiophene rings is 1. The summed E-state index contributed by atoms with van der Waals surface area (Å²) >= 11 is 1.81. The molecule has 2 nitrogen and oxygen atoms in total. The average Bonchev–Trinajstić information content (AvgIpc) is 2.83. The summed E-state index contributed by atoms with van der Waals surface area (Å²) < 4.78 is 0. The van der Waals surface area contributed by atoms with Crippen LogP contribution in [0.25, 0.3) is 0 Å². The second kappa shape index (κ2) is 5.09. The van der Waals surface area contributed by atoms with E-state index in [4.69, 9.17) is 0 Å². The van der Waals surface area contributed by atoms with E-state index in [-0.39, 0.29) is 0 Å². The zero-order valence-electron chi connectivity index (χ0n) is 10.5. The fourth-order valence-electron chi connectivity index (χ4n) is 3.38. The lowest BCUT2D eigenvalue weighted by molar-refractivity contribution is 0.0946. The summed E-state index contributed by atoms with van der Waals surface area (Å²) in [6, 6.07) is 2.26. The molecule has 0 atom stereocenters. The number of nitrogens with zero attached hydrogens (tertiary/aromatic N) is 1. The van der Waals surface area contributed by atoms with Crippen LogP contribution in [0.3, 0.4) is 0 Å². The van der Waals surface area contributed by atoms with Crippen LogP contribution >= 0.6 is 11.3 Å². The number of hydrogen-bond donors (Lipinski definition) is 1. The standard InChI is InChI=1S/C14H22N2S/c1-2-5-14(6-3-1)12-16(8-7-15-14)10-13-4-9-17-11-13/h4,9,11,15H,1-3,5-8,10,12H2. The van der Waals surface area contributed by atoms with Gasteiger partial charge in [-0.25, -0.2) is 0 Å². The van der Waals surface area contributed by atoms with Gasteiger partial charge in [0.05, 0.1) is 0 Å². The third-order valence-corrected chi connectivity index (χ3v) is 4.98. The van der Waals surface area contributed by atoms with Gasteiger partial charge in [0.1, 0.15) is 0 Å². The van der Waals surface area contributed by atoms with Crippen LogP contribution in [0.5, 0.6) is 0 Å². The lowest BCUT2D eigenvalue weighted by Gasteiger charge is -2.46. The van der Waals surface area contributed by atoms with E-state index in [1.54, 1.807) is 0 Å². The molecule has 0 aromatic carbocycles. The minimum absolute atomic E-state index is 0.451. The summed E-state index contributed by atoms with van der Waals surface area (Å²) in [7, 11) is 0. The average molecular weight is 250 g/mol. The highest BCUT2D eigenvalue weighted by atomic mass is 32.1. The normalized spacial score (nSPS) is 25.2. The second-order valence-corrected chi connectivity index (χ2v) is 6.39. The first-order valence-corrected chi connectivity index (χ1v) is 7.79. The number of nitrogens with one attached hydrogen (secondary N) is 1. The topological polar surface area (TPSA) is 15.3 Å². The van der Waals surface area contributed by atoms with Gasteiger partial charge in [0.2, 0.25) is 0 Å². The van der Waals surface area contributed by atoms with E-state index < -0.39 is 0 Å². The Morgan fingerprint density at radius 1 is 1.29 bits per heavy atom. The molecule has 0 amide bonds. The Morgan fingerprint density at radius 3 is 2.94 bits per heavy atom. The molecule has 1 saturated heterocycles. The van der Waals surface area contributed by atoms with Crippen LogP contribution in [0.15, 0.2) is 16.8 Å². The fourth-order valence-corrected chi connectivity index (χ4v) is 4.04. The van der Waals surface area contributed by atoms with E-state index in [1.807, 2.05) is 11.3 Å². The Kier molecular flexibility index (Phi) is 3.50. The minimum atomic E-state index is 0.451. The molecule has 3 heteroatoms. The van der Waals surface area contributed by atoms with Crippen molar-refractivity contribution in [1.82, 2.24) is 10.2 Å². The van der Waals surface area contributed by atoms with Gasteiger partial charge in [0.25, 0.3) is 0 Å². The molecule has 1 aromatic rings. The van der Waals surface area contributed by atoms with Crippen LogP contribution in [0.4, 0.5) is 0 Å². The van der Waals surface area contributed by atoms with Crippen LogP contribution in [-0.2, 0) is 6.54 Å². The summed E-state index contributed by atoms with van der Waals surface area (Å²) in [5, 5.41) is 8.28. The molecule has 1 aromatic heterocycles. The summed E-state index contributed by atoms with van der Waals surface area (Å²) in [5.74, 6) is 0. The van der Waals surface area contributed by atoms with Crippen LogP contribution in [-0.4, -0.2) is 30.1 Å². The van der Waals surface area contributed by atoms with Gasteiger partial charge in [-0.15, -0.1) is 0 Å². The van der Waals surface area contributed by atoms with Gasteiger partial charge in [-0.05, 0) is 35.2 Å². The molecule has 2 heterocycles. The van der Waals surface area contributed by atoms with Gasteiger partial charge < -0.3 is 5.32 Å². The van der Waals surface area contributed by atoms with Crippen molar-refractivity contribution < 1.29 is 0 Å². The Bertz CT molecular complexity index is 336. The SMILES string of the molecule is c1cc(CN2CCNC3(CCCCC3)C2)cs1. The van der Waals surface area contributed by atoms with Gasteiger partial charge in [0, 0.05) is 31.7 Å². The quantitative estimate of drug-likeness (QED) is 0.868. The molecular formula is C14H22N2S. The molecule has 17 heavy (non-hydrogen) atoms. The highest BCUT2D eigenvalue weighted by Crippen LogP contribution is 2.31. The van der Waals surface area contributed by atoms with Crippen molar-refractivity contribution in [3.63, 3.8) is 0 Å². The second-order valence-electron chi connectivity index (χ2n) is 5.61. The number of piperazine rings is 1. The molecule has 0 unspecified atom stereocenters. The lowest BCUT2D eigenvalue weighted by Crippen LogP contribution is -2.60. The van der Waals surface area contributed by atoms with E-state index in [9.17, 15) is 0 Å². The van der Waals surface area contributed by atoms with Crippen molar-refractivity contribution in [2.75, 3.05) is 19.6 Å². The Hall–Kier alpha value is -0.380. The van der Waals surface area contributed by atoms with Crippen LogP contribution in [0, 0.1) is 0 Å². The van der Waals surface area contributed by atoms with E-state index in [0.29, 0.717) is 5.54 Å². The summed E-state index contributed by atoms with van der Waals surface area (Å²) in [4.78, 5) is 2.64. The molecule has 3 rings (SSSR count). The first-order valence-electron chi connectivity index (χ1n) is 6.85. The monoisotopic (exact) mass is 250 g/mol. The minimum Gasteiger partial charge on any atom is -0.309 e. The molecule has 1 N–H and O–H groups in total. The lowest BCUT2D eigenvalue weighted by atomic mass is 9.80. The molecule has 1 aliphatic heterocycles. The third-order valence-electron chi connectivity index (χ3n) is 4.25. The Morgan fingerprint density at radius 2 is 2.18 bits per heavy atom. The van der Waals surface area contributed by atoms with Gasteiger partial charge in [0.15, 0.2) is 0 Å².